The molecule has 6 heteroatoms. The van der Waals surface area contributed by atoms with Crippen molar-refractivity contribution in [3.8, 4) is 6.07 Å². The van der Waals surface area contributed by atoms with E-state index in [1.807, 2.05) is 65.6 Å². The molecule has 0 amide bonds. The van der Waals surface area contributed by atoms with Crippen molar-refractivity contribution in [2.24, 2.45) is 5.92 Å². The van der Waals surface area contributed by atoms with Crippen molar-refractivity contribution in [3.05, 3.63) is 60.4 Å². The van der Waals surface area contributed by atoms with Crippen LogP contribution >= 0.6 is 0 Å². The fourth-order valence-electron chi connectivity index (χ4n) is 2.47. The Labute approximate surface area is 148 Å². The lowest BCUT2D eigenvalue weighted by Crippen LogP contribution is -2.44. The number of pyridine rings is 1. The van der Waals surface area contributed by atoms with E-state index in [1.165, 1.54) is 0 Å². The number of nitriles is 1. The number of carbonyl (C=O) groups is 1. The second-order valence-electron chi connectivity index (χ2n) is 5.53. The number of aromatic nitrogens is 1. The smallest absolute Gasteiger partial charge is 0.325 e. The molecule has 2 rings (SSSR count). The molecular formula is C19H22N4O2. The number of esters is 1. The molecule has 0 aliphatic heterocycles. The van der Waals surface area contributed by atoms with Gasteiger partial charge in [-0.15, -0.1) is 0 Å². The van der Waals surface area contributed by atoms with Crippen molar-refractivity contribution in [3.63, 3.8) is 0 Å². The first-order valence-corrected chi connectivity index (χ1v) is 8.14. The van der Waals surface area contributed by atoms with Gasteiger partial charge in [-0.25, -0.2) is 5.01 Å². The minimum absolute atomic E-state index is 0.199. The van der Waals surface area contributed by atoms with Crippen LogP contribution < -0.4 is 5.01 Å². The summed E-state index contributed by atoms with van der Waals surface area (Å²) >= 11 is 0. The van der Waals surface area contributed by atoms with Crippen molar-refractivity contribution in [1.29, 1.82) is 5.26 Å². The quantitative estimate of drug-likeness (QED) is 0.544. The number of carbonyl (C=O) groups excluding carboxylic acids is 1. The normalized spacial score (nSPS) is 11.6. The van der Waals surface area contributed by atoms with Gasteiger partial charge < -0.3 is 9.75 Å². The summed E-state index contributed by atoms with van der Waals surface area (Å²) in [5, 5.41) is 13.2. The second-order valence-corrected chi connectivity index (χ2v) is 5.53. The highest BCUT2D eigenvalue weighted by Crippen LogP contribution is 2.18. The Kier molecular flexibility index (Phi) is 6.93. The van der Waals surface area contributed by atoms with Gasteiger partial charge in [-0.2, -0.15) is 5.26 Å². The highest BCUT2D eigenvalue weighted by Gasteiger charge is 2.25. The maximum Gasteiger partial charge on any atom is 0.325 e. The molecule has 1 aromatic heterocycles. The first-order chi connectivity index (χ1) is 12.2. The van der Waals surface area contributed by atoms with Crippen molar-refractivity contribution in [1.82, 2.24) is 9.99 Å². The number of rotatable bonds is 8. The lowest BCUT2D eigenvalue weighted by atomic mass is 10.1. The van der Waals surface area contributed by atoms with Gasteiger partial charge in [0.1, 0.15) is 0 Å². The summed E-state index contributed by atoms with van der Waals surface area (Å²) in [7, 11) is 1.92. The Morgan fingerprint density at radius 2 is 2.04 bits per heavy atom. The maximum absolute atomic E-state index is 12.0. The molecule has 0 spiro atoms. The van der Waals surface area contributed by atoms with Crippen LogP contribution in [0.25, 0.3) is 0 Å². The van der Waals surface area contributed by atoms with Gasteiger partial charge in [0.25, 0.3) is 0 Å². The first-order valence-electron chi connectivity index (χ1n) is 8.14. The molecule has 2 aromatic rings. The van der Waals surface area contributed by atoms with E-state index in [0.717, 1.165) is 11.3 Å². The summed E-state index contributed by atoms with van der Waals surface area (Å²) in [6.45, 7) is 2.82. The molecule has 0 bridgehead atoms. The van der Waals surface area contributed by atoms with Crippen LogP contribution in [0.15, 0.2) is 54.9 Å². The summed E-state index contributed by atoms with van der Waals surface area (Å²) in [5.41, 5.74) is 1.94. The zero-order valence-electron chi connectivity index (χ0n) is 14.5. The fraction of sp³-hybridized carbons (Fsp3) is 0.316. The number of anilines is 1. The van der Waals surface area contributed by atoms with E-state index in [1.54, 1.807) is 19.3 Å². The number of hydrazine groups is 1. The monoisotopic (exact) mass is 338 g/mol. The third-order valence-electron chi connectivity index (χ3n) is 3.69. The average Bonchev–Trinajstić information content (AvgIpc) is 2.64. The van der Waals surface area contributed by atoms with Crippen molar-refractivity contribution in [2.75, 3.05) is 25.2 Å². The first kappa shape index (κ1) is 18.4. The predicted octanol–water partition coefficient (Wildman–Crippen LogP) is 2.64. The van der Waals surface area contributed by atoms with Gasteiger partial charge in [0, 0.05) is 19.8 Å². The third-order valence-corrected chi connectivity index (χ3v) is 3.69. The highest BCUT2D eigenvalue weighted by atomic mass is 16.5. The van der Waals surface area contributed by atoms with Crippen LogP contribution in [0.4, 0.5) is 5.69 Å². The van der Waals surface area contributed by atoms with Crippen LogP contribution in [0.5, 0.6) is 0 Å². The zero-order chi connectivity index (χ0) is 18.1. The molecule has 1 aromatic carbocycles. The summed E-state index contributed by atoms with van der Waals surface area (Å²) in [5.74, 6) is -1.38. The van der Waals surface area contributed by atoms with Crippen molar-refractivity contribution >= 4 is 11.7 Å². The molecule has 0 radical (unpaired) electrons. The molecule has 0 aliphatic rings. The minimum Gasteiger partial charge on any atom is -0.465 e. The topological polar surface area (TPSA) is 69.5 Å². The van der Waals surface area contributed by atoms with E-state index in [0.29, 0.717) is 6.54 Å². The largest absolute Gasteiger partial charge is 0.465 e. The second kappa shape index (κ2) is 9.40. The molecule has 25 heavy (non-hydrogen) atoms. The van der Waals surface area contributed by atoms with E-state index in [9.17, 15) is 10.1 Å². The van der Waals surface area contributed by atoms with E-state index in [4.69, 9.17) is 4.74 Å². The van der Waals surface area contributed by atoms with Crippen LogP contribution in [0.1, 0.15) is 12.5 Å². The average molecular weight is 338 g/mol. The minimum atomic E-state index is -0.877. The number of benzene rings is 1. The van der Waals surface area contributed by atoms with E-state index in [2.05, 4.69) is 4.98 Å². The summed E-state index contributed by atoms with van der Waals surface area (Å²) in [6.07, 6.45) is 3.40. The molecule has 0 saturated heterocycles. The molecule has 0 fully saturated rings. The Bertz CT molecular complexity index is 700. The van der Waals surface area contributed by atoms with Gasteiger partial charge >= 0.3 is 5.97 Å². The Morgan fingerprint density at radius 1 is 1.28 bits per heavy atom. The molecule has 0 aliphatic carbocycles. The fourth-order valence-corrected chi connectivity index (χ4v) is 2.47. The molecule has 0 saturated carbocycles. The van der Waals surface area contributed by atoms with Crippen LogP contribution in [0.2, 0.25) is 0 Å². The van der Waals surface area contributed by atoms with Crippen LogP contribution in [-0.2, 0) is 16.1 Å². The molecular weight excluding hydrogens is 316 g/mol. The molecule has 1 heterocycles. The molecule has 130 valence electrons. The van der Waals surface area contributed by atoms with Gasteiger partial charge in [0.05, 0.1) is 31.1 Å². The van der Waals surface area contributed by atoms with Gasteiger partial charge in [-0.3, -0.25) is 9.78 Å². The summed E-state index contributed by atoms with van der Waals surface area (Å²) in [6, 6.07) is 15.8. The van der Waals surface area contributed by atoms with Crippen LogP contribution in [0, 0.1) is 17.2 Å². The standard InChI is InChI=1S/C19H22N4O2/c1-3-25-19(24)17(12-20)15-23(18-10-7-11-21-13-18)22(2)14-16-8-5-4-6-9-16/h4-11,13,17H,3,14-15H2,1-2H3. The van der Waals surface area contributed by atoms with Gasteiger partial charge in [-0.1, -0.05) is 30.3 Å². The van der Waals surface area contributed by atoms with Gasteiger partial charge in [0.2, 0.25) is 0 Å². The van der Waals surface area contributed by atoms with Crippen LogP contribution in [-0.4, -0.2) is 36.2 Å². The number of nitrogens with zero attached hydrogens (tertiary/aromatic N) is 4. The maximum atomic E-state index is 12.0. The molecule has 0 N–H and O–H groups in total. The lowest BCUT2D eigenvalue weighted by Gasteiger charge is -2.34. The Balaban J connectivity index is 2.21. The van der Waals surface area contributed by atoms with Crippen LogP contribution in [0.3, 0.4) is 0 Å². The zero-order valence-corrected chi connectivity index (χ0v) is 14.5. The third kappa shape index (κ3) is 5.30. The molecule has 1 unspecified atom stereocenters. The Hall–Kier alpha value is -2.91. The van der Waals surface area contributed by atoms with E-state index in [-0.39, 0.29) is 13.2 Å². The molecule has 6 nitrogen and oxygen atoms in total. The van der Waals surface area contributed by atoms with Gasteiger partial charge in [-0.05, 0) is 24.6 Å². The Morgan fingerprint density at radius 3 is 2.64 bits per heavy atom. The van der Waals surface area contributed by atoms with E-state index < -0.39 is 11.9 Å². The van der Waals surface area contributed by atoms with Crippen molar-refractivity contribution < 1.29 is 9.53 Å². The summed E-state index contributed by atoms with van der Waals surface area (Å²) < 4.78 is 5.01. The van der Waals surface area contributed by atoms with Crippen molar-refractivity contribution in [2.45, 2.75) is 13.5 Å². The summed E-state index contributed by atoms with van der Waals surface area (Å²) in [4.78, 5) is 16.2. The van der Waals surface area contributed by atoms with E-state index >= 15 is 0 Å². The predicted molar refractivity (Wildman–Crippen MR) is 95.2 cm³/mol. The lowest BCUT2D eigenvalue weighted by molar-refractivity contribution is -0.145. The van der Waals surface area contributed by atoms with Gasteiger partial charge in [0.15, 0.2) is 5.92 Å². The number of hydrogen-bond acceptors (Lipinski definition) is 6. The number of ether oxygens (including phenoxy) is 1. The SMILES string of the molecule is CCOC(=O)C(C#N)CN(c1cccnc1)N(C)Cc1ccccc1. The number of hydrogen-bond donors (Lipinski definition) is 0. The molecule has 1 atom stereocenters. The highest BCUT2D eigenvalue weighted by molar-refractivity contribution is 5.76.